The molecule has 2 nitrogen and oxygen atoms in total. The third-order valence-electron chi connectivity index (χ3n) is 3.35. The Bertz CT molecular complexity index is 359. The molecule has 0 saturated heterocycles. The quantitative estimate of drug-likeness (QED) is 0.854. The van der Waals surface area contributed by atoms with Gasteiger partial charge >= 0.3 is 0 Å². The first-order valence-corrected chi connectivity index (χ1v) is 6.13. The molecule has 0 aliphatic rings. The Morgan fingerprint density at radius 3 is 2.41 bits per heavy atom. The number of nitrogens with two attached hydrogens (primary N) is 1. The van der Waals surface area contributed by atoms with Crippen molar-refractivity contribution in [3.8, 4) is 0 Å². The number of nitrogens with zero attached hydrogens (tertiary/aromatic N) is 1. The van der Waals surface area contributed by atoms with E-state index in [1.54, 1.807) is 13.0 Å². The normalized spacial score (nSPS) is 15.0. The lowest BCUT2D eigenvalue weighted by atomic mass is 9.89. The van der Waals surface area contributed by atoms with Crippen LogP contribution >= 0.6 is 0 Å². The smallest absolute Gasteiger partial charge is 0.126 e. The molecule has 17 heavy (non-hydrogen) atoms. The molecule has 2 N–H and O–H groups in total. The van der Waals surface area contributed by atoms with E-state index in [4.69, 9.17) is 5.73 Å². The monoisotopic (exact) mass is 238 g/mol. The van der Waals surface area contributed by atoms with Gasteiger partial charge in [-0.3, -0.25) is 0 Å². The molecule has 1 aromatic rings. The minimum atomic E-state index is -0.146. The Labute approximate surface area is 104 Å². The largest absolute Gasteiger partial charge is 0.330 e. The summed E-state index contributed by atoms with van der Waals surface area (Å²) >= 11 is 0. The van der Waals surface area contributed by atoms with Crippen molar-refractivity contribution in [3.63, 3.8) is 0 Å². The number of rotatable bonds is 5. The van der Waals surface area contributed by atoms with E-state index in [2.05, 4.69) is 11.8 Å². The second-order valence-corrected chi connectivity index (χ2v) is 4.82. The highest BCUT2D eigenvalue weighted by Gasteiger charge is 2.23. The third kappa shape index (κ3) is 3.27. The summed E-state index contributed by atoms with van der Waals surface area (Å²) in [7, 11) is 4.09. The second kappa shape index (κ2) is 6.12. The van der Waals surface area contributed by atoms with Gasteiger partial charge in [0.25, 0.3) is 0 Å². The maximum atomic E-state index is 13.3. The Morgan fingerprint density at radius 1 is 1.35 bits per heavy atom. The summed E-state index contributed by atoms with van der Waals surface area (Å²) in [5.74, 6) is 0.252. The van der Waals surface area contributed by atoms with Crippen molar-refractivity contribution in [2.75, 3.05) is 20.6 Å². The van der Waals surface area contributed by atoms with Crippen LogP contribution in [-0.4, -0.2) is 25.5 Å². The zero-order chi connectivity index (χ0) is 13.0. The summed E-state index contributed by atoms with van der Waals surface area (Å²) in [6.45, 7) is 4.59. The fourth-order valence-electron chi connectivity index (χ4n) is 2.36. The van der Waals surface area contributed by atoms with Crippen LogP contribution in [0.1, 0.15) is 30.5 Å². The predicted octanol–water partition coefficient (Wildman–Crippen LogP) is 2.72. The van der Waals surface area contributed by atoms with Gasteiger partial charge in [0.15, 0.2) is 0 Å². The number of hydrogen-bond donors (Lipinski definition) is 1. The second-order valence-electron chi connectivity index (χ2n) is 4.82. The molecule has 0 radical (unpaired) electrons. The highest BCUT2D eigenvalue weighted by Crippen LogP contribution is 2.29. The lowest BCUT2D eigenvalue weighted by molar-refractivity contribution is 0.210. The number of aryl methyl sites for hydroxylation is 1. The van der Waals surface area contributed by atoms with Gasteiger partial charge in [0.1, 0.15) is 5.82 Å². The van der Waals surface area contributed by atoms with Gasteiger partial charge in [-0.1, -0.05) is 25.5 Å². The Balaban J connectivity index is 3.09. The van der Waals surface area contributed by atoms with E-state index in [9.17, 15) is 4.39 Å². The highest BCUT2D eigenvalue weighted by molar-refractivity contribution is 5.27. The molecular weight excluding hydrogens is 215 g/mol. The first-order chi connectivity index (χ1) is 8.01. The number of hydrogen-bond acceptors (Lipinski definition) is 2. The maximum absolute atomic E-state index is 13.3. The molecule has 2 atom stereocenters. The predicted molar refractivity (Wildman–Crippen MR) is 70.4 cm³/mol. The van der Waals surface area contributed by atoms with Crippen LogP contribution in [0.2, 0.25) is 0 Å². The first-order valence-electron chi connectivity index (χ1n) is 6.13. The summed E-state index contributed by atoms with van der Waals surface area (Å²) in [5.41, 5.74) is 7.67. The fourth-order valence-corrected chi connectivity index (χ4v) is 2.36. The van der Waals surface area contributed by atoms with Gasteiger partial charge in [0.05, 0.1) is 0 Å². The molecule has 0 aliphatic carbocycles. The van der Waals surface area contributed by atoms with Crippen LogP contribution in [0.25, 0.3) is 0 Å². The van der Waals surface area contributed by atoms with Crippen molar-refractivity contribution in [1.29, 1.82) is 0 Å². The molecule has 0 heterocycles. The molecule has 0 amide bonds. The average molecular weight is 238 g/mol. The molecule has 2 unspecified atom stereocenters. The molecule has 96 valence electrons. The van der Waals surface area contributed by atoms with Crippen molar-refractivity contribution in [2.45, 2.75) is 26.3 Å². The van der Waals surface area contributed by atoms with Gasteiger partial charge < -0.3 is 10.6 Å². The molecule has 0 bridgehead atoms. The lowest BCUT2D eigenvalue weighted by Gasteiger charge is -2.31. The van der Waals surface area contributed by atoms with E-state index in [1.807, 2.05) is 26.2 Å². The zero-order valence-corrected chi connectivity index (χ0v) is 11.2. The van der Waals surface area contributed by atoms with Crippen molar-refractivity contribution in [1.82, 2.24) is 4.90 Å². The third-order valence-corrected chi connectivity index (χ3v) is 3.35. The van der Waals surface area contributed by atoms with Gasteiger partial charge in [-0.15, -0.1) is 0 Å². The molecule has 1 rings (SSSR count). The molecule has 0 aliphatic heterocycles. The van der Waals surface area contributed by atoms with Crippen LogP contribution in [0.5, 0.6) is 0 Å². The van der Waals surface area contributed by atoms with Crippen molar-refractivity contribution >= 4 is 0 Å². The fraction of sp³-hybridized carbons (Fsp3) is 0.571. The minimum Gasteiger partial charge on any atom is -0.330 e. The van der Waals surface area contributed by atoms with Crippen LogP contribution in [0.15, 0.2) is 18.2 Å². The molecular formula is C14H23FN2. The summed E-state index contributed by atoms with van der Waals surface area (Å²) in [6.07, 6.45) is 1.02. The van der Waals surface area contributed by atoms with Crippen molar-refractivity contribution in [2.24, 2.45) is 11.7 Å². The van der Waals surface area contributed by atoms with Crippen LogP contribution in [0.3, 0.4) is 0 Å². The molecule has 0 aromatic heterocycles. The van der Waals surface area contributed by atoms with Crippen LogP contribution in [0, 0.1) is 18.7 Å². The molecule has 0 saturated carbocycles. The zero-order valence-electron chi connectivity index (χ0n) is 11.2. The summed E-state index contributed by atoms with van der Waals surface area (Å²) in [5, 5.41) is 0. The van der Waals surface area contributed by atoms with Crippen LogP contribution < -0.4 is 5.73 Å². The van der Waals surface area contributed by atoms with Crippen LogP contribution in [-0.2, 0) is 0 Å². The molecule has 1 aromatic carbocycles. The van der Waals surface area contributed by atoms with Gasteiger partial charge in [-0.25, -0.2) is 4.39 Å². The van der Waals surface area contributed by atoms with E-state index < -0.39 is 0 Å². The van der Waals surface area contributed by atoms with E-state index in [-0.39, 0.29) is 11.9 Å². The maximum Gasteiger partial charge on any atom is 0.126 e. The number of benzene rings is 1. The Hall–Kier alpha value is -0.930. The van der Waals surface area contributed by atoms with Crippen molar-refractivity contribution in [3.05, 3.63) is 35.1 Å². The highest BCUT2D eigenvalue weighted by atomic mass is 19.1. The van der Waals surface area contributed by atoms with E-state index in [0.717, 1.165) is 12.0 Å². The average Bonchev–Trinajstić information content (AvgIpc) is 2.29. The number of halogens is 1. The molecule has 0 spiro atoms. The topological polar surface area (TPSA) is 29.3 Å². The summed E-state index contributed by atoms with van der Waals surface area (Å²) in [6, 6.07) is 5.60. The minimum absolute atomic E-state index is 0.146. The van der Waals surface area contributed by atoms with Crippen molar-refractivity contribution < 1.29 is 4.39 Å². The summed E-state index contributed by atoms with van der Waals surface area (Å²) < 4.78 is 13.3. The van der Waals surface area contributed by atoms with E-state index >= 15 is 0 Å². The van der Waals surface area contributed by atoms with E-state index in [1.165, 1.54) is 0 Å². The Kier molecular flexibility index (Phi) is 5.09. The van der Waals surface area contributed by atoms with Gasteiger partial charge in [-0.05, 0) is 50.7 Å². The van der Waals surface area contributed by atoms with Gasteiger partial charge in [0.2, 0.25) is 0 Å². The first kappa shape index (κ1) is 14.1. The molecule has 0 fully saturated rings. The van der Waals surface area contributed by atoms with Crippen LogP contribution in [0.4, 0.5) is 4.39 Å². The molecule has 3 heteroatoms. The van der Waals surface area contributed by atoms with Gasteiger partial charge in [0, 0.05) is 6.04 Å². The lowest BCUT2D eigenvalue weighted by Crippen LogP contribution is -2.31. The standard InChI is InChI=1S/C14H23FN2/c1-5-11(9-16)14(17(3)4)12-6-7-13(15)10(2)8-12/h6-8,11,14H,5,9,16H2,1-4H3. The Morgan fingerprint density at radius 2 is 2.00 bits per heavy atom. The van der Waals surface area contributed by atoms with Gasteiger partial charge in [-0.2, -0.15) is 0 Å². The van der Waals surface area contributed by atoms with E-state index in [0.29, 0.717) is 18.0 Å². The SMILES string of the molecule is CCC(CN)C(c1ccc(F)c(C)c1)N(C)C. The summed E-state index contributed by atoms with van der Waals surface area (Å²) in [4.78, 5) is 2.16.